The summed E-state index contributed by atoms with van der Waals surface area (Å²) in [6.45, 7) is 4.55. The Bertz CT molecular complexity index is 759. The zero-order chi connectivity index (χ0) is 18.0. The molecule has 1 aliphatic heterocycles. The van der Waals surface area contributed by atoms with Crippen molar-refractivity contribution >= 4 is 5.91 Å². The molecule has 1 aliphatic rings. The predicted octanol–water partition coefficient (Wildman–Crippen LogP) is 2.73. The largest absolute Gasteiger partial charge is 0.493 e. The number of carbonyl (C=O) groups is 1. The highest BCUT2D eigenvalue weighted by atomic mass is 16.5. The lowest BCUT2D eigenvalue weighted by Crippen LogP contribution is -2.28. The van der Waals surface area contributed by atoms with Gasteiger partial charge in [-0.2, -0.15) is 4.98 Å². The number of methoxy groups -OCH3 is 2. The van der Waals surface area contributed by atoms with Crippen LogP contribution in [0.2, 0.25) is 0 Å². The Morgan fingerprint density at radius 2 is 2.08 bits per heavy atom. The average molecular weight is 345 g/mol. The molecule has 1 amide bonds. The quantitative estimate of drug-likeness (QED) is 0.801. The molecule has 0 N–H and O–H groups in total. The van der Waals surface area contributed by atoms with E-state index >= 15 is 0 Å². The van der Waals surface area contributed by atoms with Crippen molar-refractivity contribution < 1.29 is 18.8 Å². The molecule has 0 bridgehead atoms. The monoisotopic (exact) mass is 345 g/mol. The maximum atomic E-state index is 12.5. The SMILES string of the molecule is CCc1noc(C2CC(=O)N(C(C)c3ccc(OC)c(OC)c3)C2)n1. The van der Waals surface area contributed by atoms with Crippen molar-refractivity contribution in [2.45, 2.75) is 38.6 Å². The van der Waals surface area contributed by atoms with Crippen molar-refractivity contribution in [1.82, 2.24) is 15.0 Å². The Balaban J connectivity index is 1.78. The van der Waals surface area contributed by atoms with Crippen molar-refractivity contribution in [2.24, 2.45) is 0 Å². The maximum Gasteiger partial charge on any atom is 0.232 e. The molecular formula is C18H23N3O4. The van der Waals surface area contributed by atoms with Crippen LogP contribution in [0.15, 0.2) is 22.7 Å². The van der Waals surface area contributed by atoms with E-state index < -0.39 is 0 Å². The summed E-state index contributed by atoms with van der Waals surface area (Å²) >= 11 is 0. The number of hydrogen-bond donors (Lipinski definition) is 0. The summed E-state index contributed by atoms with van der Waals surface area (Å²) in [5, 5.41) is 3.93. The lowest BCUT2D eigenvalue weighted by Gasteiger charge is -2.25. The first-order chi connectivity index (χ1) is 12.1. The summed E-state index contributed by atoms with van der Waals surface area (Å²) in [6, 6.07) is 5.64. The van der Waals surface area contributed by atoms with Gasteiger partial charge >= 0.3 is 0 Å². The first-order valence-electron chi connectivity index (χ1n) is 8.41. The number of hydrogen-bond acceptors (Lipinski definition) is 6. The Morgan fingerprint density at radius 1 is 1.32 bits per heavy atom. The van der Waals surface area contributed by atoms with Crippen LogP contribution in [0.5, 0.6) is 11.5 Å². The molecular weight excluding hydrogens is 322 g/mol. The van der Waals surface area contributed by atoms with E-state index in [-0.39, 0.29) is 17.9 Å². The number of amides is 1. The van der Waals surface area contributed by atoms with Gasteiger partial charge in [0.25, 0.3) is 0 Å². The van der Waals surface area contributed by atoms with Gasteiger partial charge in [-0.15, -0.1) is 0 Å². The summed E-state index contributed by atoms with van der Waals surface area (Å²) < 4.78 is 15.9. The number of rotatable bonds is 6. The van der Waals surface area contributed by atoms with E-state index in [9.17, 15) is 4.79 Å². The lowest BCUT2D eigenvalue weighted by molar-refractivity contribution is -0.129. The van der Waals surface area contributed by atoms with Crippen molar-refractivity contribution in [2.75, 3.05) is 20.8 Å². The molecule has 0 aliphatic carbocycles. The fourth-order valence-electron chi connectivity index (χ4n) is 3.14. The third kappa shape index (κ3) is 3.31. The van der Waals surface area contributed by atoms with Crippen LogP contribution in [0.1, 0.15) is 49.5 Å². The van der Waals surface area contributed by atoms with Crippen molar-refractivity contribution in [1.29, 1.82) is 0 Å². The number of carbonyl (C=O) groups excluding carboxylic acids is 1. The van der Waals surface area contributed by atoms with Gasteiger partial charge in [-0.3, -0.25) is 4.79 Å². The Hall–Kier alpha value is -2.57. The second-order valence-electron chi connectivity index (χ2n) is 6.14. The van der Waals surface area contributed by atoms with E-state index in [0.717, 1.165) is 12.0 Å². The molecule has 2 aromatic rings. The number of likely N-dealkylation sites (tertiary alicyclic amines) is 1. The molecule has 1 aromatic heterocycles. The fourth-order valence-corrected chi connectivity index (χ4v) is 3.14. The third-order valence-corrected chi connectivity index (χ3v) is 4.67. The molecule has 25 heavy (non-hydrogen) atoms. The molecule has 0 radical (unpaired) electrons. The minimum Gasteiger partial charge on any atom is -0.493 e. The van der Waals surface area contributed by atoms with Crippen LogP contribution in [-0.4, -0.2) is 41.7 Å². The van der Waals surface area contributed by atoms with Crippen LogP contribution >= 0.6 is 0 Å². The van der Waals surface area contributed by atoms with E-state index in [0.29, 0.717) is 36.2 Å². The van der Waals surface area contributed by atoms with E-state index in [1.54, 1.807) is 14.2 Å². The van der Waals surface area contributed by atoms with Gasteiger partial charge in [0.1, 0.15) is 0 Å². The maximum absolute atomic E-state index is 12.5. The molecule has 7 heteroatoms. The van der Waals surface area contributed by atoms with Crippen LogP contribution in [0.4, 0.5) is 0 Å². The highest BCUT2D eigenvalue weighted by Gasteiger charge is 2.37. The molecule has 7 nitrogen and oxygen atoms in total. The Morgan fingerprint density at radius 3 is 2.72 bits per heavy atom. The van der Waals surface area contributed by atoms with Gasteiger partial charge < -0.3 is 18.9 Å². The molecule has 0 spiro atoms. The molecule has 2 atom stereocenters. The number of benzene rings is 1. The number of ether oxygens (including phenoxy) is 2. The van der Waals surface area contributed by atoms with E-state index in [2.05, 4.69) is 10.1 Å². The number of aryl methyl sites for hydroxylation is 1. The van der Waals surface area contributed by atoms with E-state index in [1.807, 2.05) is 36.9 Å². The normalized spacial score (nSPS) is 18.5. The molecule has 1 fully saturated rings. The topological polar surface area (TPSA) is 77.7 Å². The minimum atomic E-state index is -0.0779. The molecule has 134 valence electrons. The minimum absolute atomic E-state index is 0.0529. The van der Waals surface area contributed by atoms with Crippen molar-refractivity contribution in [3.05, 3.63) is 35.5 Å². The highest BCUT2D eigenvalue weighted by molar-refractivity contribution is 5.80. The summed E-state index contributed by atoms with van der Waals surface area (Å²) in [5.74, 6) is 2.58. The van der Waals surface area contributed by atoms with E-state index in [4.69, 9.17) is 14.0 Å². The zero-order valence-electron chi connectivity index (χ0n) is 15.0. The molecule has 2 unspecified atom stereocenters. The van der Waals surface area contributed by atoms with Gasteiger partial charge in [0.2, 0.25) is 11.8 Å². The fraction of sp³-hybridized carbons (Fsp3) is 0.500. The second kappa shape index (κ2) is 7.13. The molecule has 3 rings (SSSR count). The summed E-state index contributed by atoms with van der Waals surface area (Å²) in [5.41, 5.74) is 0.992. The van der Waals surface area contributed by atoms with Crippen molar-refractivity contribution in [3.63, 3.8) is 0 Å². The number of nitrogens with zero attached hydrogens (tertiary/aromatic N) is 3. The van der Waals surface area contributed by atoms with Crippen LogP contribution in [-0.2, 0) is 11.2 Å². The van der Waals surface area contributed by atoms with Gasteiger partial charge in [-0.1, -0.05) is 18.1 Å². The van der Waals surface area contributed by atoms with Gasteiger partial charge in [0.15, 0.2) is 17.3 Å². The Kier molecular flexibility index (Phi) is 4.92. The third-order valence-electron chi connectivity index (χ3n) is 4.67. The lowest BCUT2D eigenvalue weighted by atomic mass is 10.1. The Labute approximate surface area is 146 Å². The molecule has 0 saturated carbocycles. The second-order valence-corrected chi connectivity index (χ2v) is 6.14. The number of aromatic nitrogens is 2. The van der Waals surface area contributed by atoms with Gasteiger partial charge in [-0.25, -0.2) is 0 Å². The van der Waals surface area contributed by atoms with Gasteiger partial charge in [0, 0.05) is 19.4 Å². The van der Waals surface area contributed by atoms with Crippen LogP contribution in [0.25, 0.3) is 0 Å². The summed E-state index contributed by atoms with van der Waals surface area (Å²) in [7, 11) is 3.20. The predicted molar refractivity (Wildman–Crippen MR) is 90.7 cm³/mol. The molecule has 2 heterocycles. The zero-order valence-corrected chi connectivity index (χ0v) is 15.0. The first kappa shape index (κ1) is 17.3. The average Bonchev–Trinajstić information content (AvgIpc) is 3.26. The van der Waals surface area contributed by atoms with Crippen molar-refractivity contribution in [3.8, 4) is 11.5 Å². The summed E-state index contributed by atoms with van der Waals surface area (Å²) in [6.07, 6.45) is 1.11. The van der Waals surface area contributed by atoms with E-state index in [1.165, 1.54) is 0 Å². The van der Waals surface area contributed by atoms with Gasteiger partial charge in [0.05, 0.1) is 26.2 Å². The molecule has 1 saturated heterocycles. The summed E-state index contributed by atoms with van der Waals surface area (Å²) in [4.78, 5) is 18.7. The highest BCUT2D eigenvalue weighted by Crippen LogP contribution is 2.36. The first-order valence-corrected chi connectivity index (χ1v) is 8.41. The molecule has 1 aromatic carbocycles. The van der Waals surface area contributed by atoms with Crippen LogP contribution in [0, 0.1) is 0 Å². The standard InChI is InChI=1S/C18H23N3O4/c1-5-16-19-18(25-20-16)13-9-17(22)21(10-13)11(2)12-6-7-14(23-3)15(8-12)24-4/h6-8,11,13H,5,9-10H2,1-4H3. The van der Waals surface area contributed by atoms with Crippen LogP contribution < -0.4 is 9.47 Å². The van der Waals surface area contributed by atoms with Gasteiger partial charge in [-0.05, 0) is 24.6 Å². The smallest absolute Gasteiger partial charge is 0.232 e. The van der Waals surface area contributed by atoms with Crippen LogP contribution in [0.3, 0.4) is 0 Å².